The Bertz CT molecular complexity index is 1020. The molecule has 2 aromatic carbocycles. The van der Waals surface area contributed by atoms with E-state index in [4.69, 9.17) is 23.2 Å². The molecule has 0 spiro atoms. The van der Waals surface area contributed by atoms with Gasteiger partial charge in [-0.3, -0.25) is 4.79 Å². The third-order valence-corrected chi connectivity index (χ3v) is 6.79. The third kappa shape index (κ3) is 6.44. The van der Waals surface area contributed by atoms with Gasteiger partial charge in [0, 0.05) is 6.54 Å². The molecular weight excluding hydrogens is 431 g/mol. The van der Waals surface area contributed by atoms with E-state index in [0.717, 1.165) is 27.3 Å². The zero-order chi connectivity index (χ0) is 21.9. The van der Waals surface area contributed by atoms with Crippen molar-refractivity contribution in [2.45, 2.75) is 40.3 Å². The monoisotopic (exact) mass is 456 g/mol. The largest absolute Gasteiger partial charge is 0.348 e. The van der Waals surface area contributed by atoms with E-state index in [0.29, 0.717) is 15.6 Å². The van der Waals surface area contributed by atoms with Gasteiger partial charge in [0.25, 0.3) is 0 Å². The molecule has 1 unspecified atom stereocenters. The van der Waals surface area contributed by atoms with Crippen molar-refractivity contribution in [2.24, 2.45) is 0 Å². The highest BCUT2D eigenvalue weighted by atomic mass is 35.5. The van der Waals surface area contributed by atoms with Gasteiger partial charge in [-0.05, 0) is 67.6 Å². The molecule has 0 saturated heterocycles. The average molecular weight is 457 g/mol. The summed E-state index contributed by atoms with van der Waals surface area (Å²) in [6, 6.07) is 8.78. The van der Waals surface area contributed by atoms with Gasteiger partial charge >= 0.3 is 0 Å². The summed E-state index contributed by atoms with van der Waals surface area (Å²) in [7, 11) is -3.61. The number of benzene rings is 2. The Labute approximate surface area is 183 Å². The number of nitrogens with zero attached hydrogens (tertiary/aromatic N) is 1. The lowest BCUT2D eigenvalue weighted by Gasteiger charge is -2.23. The van der Waals surface area contributed by atoms with Crippen LogP contribution in [-0.2, 0) is 21.4 Å². The summed E-state index contributed by atoms with van der Waals surface area (Å²) in [6.45, 7) is 7.70. The minimum atomic E-state index is -3.61. The van der Waals surface area contributed by atoms with Crippen LogP contribution in [-0.4, -0.2) is 31.4 Å². The molecule has 1 amide bonds. The highest BCUT2D eigenvalue weighted by molar-refractivity contribution is 7.88. The smallest absolute Gasteiger partial charge is 0.235 e. The summed E-state index contributed by atoms with van der Waals surface area (Å²) in [4.78, 5) is 12.6. The van der Waals surface area contributed by atoms with E-state index in [-0.39, 0.29) is 25.0 Å². The fourth-order valence-corrected chi connectivity index (χ4v) is 4.16. The first-order valence-electron chi connectivity index (χ1n) is 9.14. The Morgan fingerprint density at radius 2 is 1.66 bits per heavy atom. The Balaban J connectivity index is 2.14. The fourth-order valence-electron chi connectivity index (χ4n) is 3.11. The average Bonchev–Trinajstić information content (AvgIpc) is 2.59. The lowest BCUT2D eigenvalue weighted by molar-refractivity contribution is -0.122. The van der Waals surface area contributed by atoms with Gasteiger partial charge in [0.1, 0.15) is 0 Å². The quantitative estimate of drug-likeness (QED) is 0.663. The summed E-state index contributed by atoms with van der Waals surface area (Å²) in [5.41, 5.74) is 5.07. The van der Waals surface area contributed by atoms with Crippen molar-refractivity contribution in [3.8, 4) is 0 Å². The summed E-state index contributed by atoms with van der Waals surface area (Å²) in [5, 5.41) is 3.62. The number of rotatable bonds is 7. The van der Waals surface area contributed by atoms with Crippen molar-refractivity contribution in [2.75, 3.05) is 12.8 Å². The van der Waals surface area contributed by atoms with Crippen molar-refractivity contribution in [3.63, 3.8) is 0 Å². The first-order chi connectivity index (χ1) is 13.4. The molecular formula is C21H26Cl2N2O3S. The number of aryl methyl sites for hydroxylation is 3. The molecule has 0 aliphatic rings. The highest BCUT2D eigenvalue weighted by Crippen LogP contribution is 2.24. The fraction of sp³-hybridized carbons (Fsp3) is 0.381. The summed E-state index contributed by atoms with van der Waals surface area (Å²) >= 11 is 11.9. The lowest BCUT2D eigenvalue weighted by atomic mass is 9.96. The number of carbonyl (C=O) groups is 1. The van der Waals surface area contributed by atoms with E-state index in [9.17, 15) is 13.2 Å². The molecule has 0 bridgehead atoms. The molecule has 0 heterocycles. The van der Waals surface area contributed by atoms with Crippen molar-refractivity contribution in [1.29, 1.82) is 0 Å². The second-order valence-corrected chi connectivity index (χ2v) is 10.2. The Morgan fingerprint density at radius 3 is 2.24 bits per heavy atom. The van der Waals surface area contributed by atoms with Crippen LogP contribution in [0, 0.1) is 20.8 Å². The summed E-state index contributed by atoms with van der Waals surface area (Å²) in [6.07, 6.45) is 1.08. The molecule has 1 atom stereocenters. The molecule has 158 valence electrons. The summed E-state index contributed by atoms with van der Waals surface area (Å²) in [5.74, 6) is -0.374. The second-order valence-electron chi connectivity index (χ2n) is 7.36. The Morgan fingerprint density at radius 1 is 1.03 bits per heavy atom. The Kier molecular flexibility index (Phi) is 7.74. The van der Waals surface area contributed by atoms with E-state index < -0.39 is 10.0 Å². The van der Waals surface area contributed by atoms with Crippen molar-refractivity contribution >= 4 is 39.1 Å². The zero-order valence-corrected chi connectivity index (χ0v) is 19.5. The predicted octanol–water partition coefficient (Wildman–Crippen LogP) is 4.56. The maximum atomic E-state index is 12.6. The van der Waals surface area contributed by atoms with Gasteiger partial charge in [0.2, 0.25) is 15.9 Å². The molecule has 2 aromatic rings. The number of hydrogen-bond acceptors (Lipinski definition) is 3. The predicted molar refractivity (Wildman–Crippen MR) is 119 cm³/mol. The van der Waals surface area contributed by atoms with Crippen LogP contribution in [0.25, 0.3) is 0 Å². The molecule has 0 aromatic heterocycles. The van der Waals surface area contributed by atoms with E-state index in [2.05, 4.69) is 17.4 Å². The topological polar surface area (TPSA) is 66.5 Å². The Hall–Kier alpha value is -1.60. The lowest BCUT2D eigenvalue weighted by Crippen LogP contribution is -2.40. The van der Waals surface area contributed by atoms with E-state index in [1.54, 1.807) is 18.2 Å². The first-order valence-corrected chi connectivity index (χ1v) is 11.7. The van der Waals surface area contributed by atoms with E-state index >= 15 is 0 Å². The molecule has 0 saturated carbocycles. The molecule has 2 rings (SSSR count). The molecule has 8 heteroatoms. The van der Waals surface area contributed by atoms with Crippen molar-refractivity contribution in [1.82, 2.24) is 9.62 Å². The molecule has 1 N–H and O–H groups in total. The maximum absolute atomic E-state index is 12.6. The maximum Gasteiger partial charge on any atom is 0.235 e. The van der Waals surface area contributed by atoms with Crippen LogP contribution in [0.2, 0.25) is 10.0 Å². The second kappa shape index (κ2) is 9.47. The number of halogens is 2. The normalized spacial score (nSPS) is 12.8. The minimum absolute atomic E-state index is 0.0280. The zero-order valence-electron chi connectivity index (χ0n) is 17.2. The van der Waals surface area contributed by atoms with Crippen LogP contribution in [0.5, 0.6) is 0 Å². The molecule has 0 fully saturated rings. The van der Waals surface area contributed by atoms with E-state index in [1.807, 2.05) is 27.7 Å². The minimum Gasteiger partial charge on any atom is -0.348 e. The third-order valence-electron chi connectivity index (χ3n) is 4.86. The van der Waals surface area contributed by atoms with Crippen LogP contribution >= 0.6 is 23.2 Å². The molecule has 0 aliphatic heterocycles. The van der Waals surface area contributed by atoms with Crippen molar-refractivity contribution < 1.29 is 13.2 Å². The van der Waals surface area contributed by atoms with Crippen LogP contribution < -0.4 is 5.32 Å². The molecule has 0 radical (unpaired) electrons. The van der Waals surface area contributed by atoms with Crippen LogP contribution in [0.4, 0.5) is 0 Å². The number of nitrogens with one attached hydrogen (secondary N) is 1. The number of carbonyl (C=O) groups excluding carboxylic acids is 1. The molecule has 5 nitrogen and oxygen atoms in total. The number of amides is 1. The van der Waals surface area contributed by atoms with Gasteiger partial charge in [-0.15, -0.1) is 0 Å². The number of hydrogen-bond donors (Lipinski definition) is 1. The SMILES string of the molecule is Cc1cc(C)c(C(C)NC(=O)CN(Cc2ccc(Cl)c(Cl)c2)S(C)(=O)=O)cc1C. The number of sulfonamides is 1. The van der Waals surface area contributed by atoms with Gasteiger partial charge in [-0.1, -0.05) is 41.4 Å². The van der Waals surface area contributed by atoms with E-state index in [1.165, 1.54) is 5.56 Å². The highest BCUT2D eigenvalue weighted by Gasteiger charge is 2.22. The van der Waals surface area contributed by atoms with Crippen LogP contribution in [0.15, 0.2) is 30.3 Å². The van der Waals surface area contributed by atoms with Crippen LogP contribution in [0.3, 0.4) is 0 Å². The van der Waals surface area contributed by atoms with Crippen molar-refractivity contribution in [3.05, 3.63) is 68.2 Å². The standard InChI is InChI=1S/C21H26Cl2N2O3S/c1-13-8-15(3)18(9-14(13)2)16(4)24-21(26)12-25(29(5,27)28)11-17-6-7-19(22)20(23)10-17/h6-10,16H,11-12H2,1-5H3,(H,24,26). The molecule has 0 aliphatic carbocycles. The van der Waals surface area contributed by atoms with Gasteiger partial charge in [0.05, 0.1) is 28.9 Å². The van der Waals surface area contributed by atoms with Gasteiger partial charge < -0.3 is 5.32 Å². The van der Waals surface area contributed by atoms with Gasteiger partial charge in [-0.2, -0.15) is 4.31 Å². The summed E-state index contributed by atoms with van der Waals surface area (Å²) < 4.78 is 25.5. The first kappa shape index (κ1) is 23.7. The van der Waals surface area contributed by atoms with Crippen LogP contribution in [0.1, 0.15) is 40.8 Å². The van der Waals surface area contributed by atoms with Gasteiger partial charge in [-0.25, -0.2) is 8.42 Å². The van der Waals surface area contributed by atoms with Gasteiger partial charge in [0.15, 0.2) is 0 Å². The molecule has 29 heavy (non-hydrogen) atoms.